The predicted octanol–water partition coefficient (Wildman–Crippen LogP) is 0.778. The Balaban J connectivity index is 0.000000640. The van der Waals surface area contributed by atoms with Crippen molar-refractivity contribution in [3.8, 4) is 0 Å². The Labute approximate surface area is 50.8 Å². The first-order valence-corrected chi connectivity index (χ1v) is 3.10. The minimum Gasteiger partial charge on any atom is -0.358 e. The second-order valence-electron chi connectivity index (χ2n) is 2.32. The third kappa shape index (κ3) is 1.22. The summed E-state index contributed by atoms with van der Waals surface area (Å²) >= 11 is 0. The van der Waals surface area contributed by atoms with E-state index in [-0.39, 0.29) is 1.43 Å². The molecule has 0 atom stereocenters. The van der Waals surface area contributed by atoms with Crippen molar-refractivity contribution < 1.29 is 6.22 Å². The molecule has 0 bridgehead atoms. The lowest BCUT2D eigenvalue weighted by Crippen LogP contribution is -2.25. The monoisotopic (exact) mass is 115 g/mol. The summed E-state index contributed by atoms with van der Waals surface area (Å²) < 4.78 is 0. The van der Waals surface area contributed by atoms with Crippen LogP contribution in [0, 0.1) is 5.92 Å². The third-order valence-electron chi connectivity index (χ3n) is 1.71. The third-order valence-corrected chi connectivity index (χ3v) is 1.71. The van der Waals surface area contributed by atoms with E-state index in [1.54, 1.807) is 0 Å². The fourth-order valence-corrected chi connectivity index (χ4v) is 0.912. The van der Waals surface area contributed by atoms with E-state index in [0.717, 1.165) is 18.9 Å². The van der Waals surface area contributed by atoms with Gasteiger partial charge in [0.15, 0.2) is 0 Å². The van der Waals surface area contributed by atoms with Crippen LogP contribution in [0.15, 0.2) is 0 Å². The van der Waals surface area contributed by atoms with Crippen molar-refractivity contribution in [2.75, 3.05) is 6.54 Å². The van der Waals surface area contributed by atoms with Crippen LogP contribution in [0.1, 0.15) is 20.7 Å². The zero-order chi connectivity index (χ0) is 5.82. The van der Waals surface area contributed by atoms with Gasteiger partial charge in [0, 0.05) is 7.97 Å². The molecule has 8 heavy (non-hydrogen) atoms. The molecule has 1 aliphatic carbocycles. The maximum atomic E-state index is 9.74. The van der Waals surface area contributed by atoms with E-state index in [4.69, 9.17) is 0 Å². The van der Waals surface area contributed by atoms with Crippen molar-refractivity contribution in [2.24, 2.45) is 5.92 Å². The van der Waals surface area contributed by atoms with Crippen molar-refractivity contribution >= 4 is 6.41 Å². The lowest BCUT2D eigenvalue weighted by molar-refractivity contribution is -0.109. The lowest BCUT2D eigenvalue weighted by Gasteiger charge is -2.24. The van der Waals surface area contributed by atoms with Gasteiger partial charge in [-0.05, 0) is 18.8 Å². The smallest absolute Gasteiger partial charge is 0.207 e. The first-order valence-electron chi connectivity index (χ1n) is 3.10. The van der Waals surface area contributed by atoms with Crippen LogP contribution in [0.25, 0.3) is 0 Å². The Kier molecular flexibility index (Phi) is 1.89. The van der Waals surface area contributed by atoms with Gasteiger partial charge in [-0.3, -0.25) is 4.79 Å². The summed E-state index contributed by atoms with van der Waals surface area (Å²) in [6.07, 6.45) is 4.74. The molecule has 0 saturated heterocycles. The van der Waals surface area contributed by atoms with Crippen molar-refractivity contribution in [3.63, 3.8) is 0 Å². The maximum absolute atomic E-state index is 9.74. The van der Waals surface area contributed by atoms with Crippen LogP contribution in [0.2, 0.25) is 0 Å². The van der Waals surface area contributed by atoms with Crippen molar-refractivity contribution in [1.29, 1.82) is 0 Å². The topological polar surface area (TPSA) is 29.1 Å². The molecule has 1 N–H and O–H groups in total. The quantitative estimate of drug-likeness (QED) is 0.541. The van der Waals surface area contributed by atoms with E-state index in [9.17, 15) is 4.79 Å². The number of carbonyl (C=O) groups is 1. The van der Waals surface area contributed by atoms with E-state index in [1.165, 1.54) is 19.3 Å². The zero-order valence-electron chi connectivity index (χ0n) is 4.89. The molecular weight excluding hydrogens is 102 g/mol. The van der Waals surface area contributed by atoms with E-state index < -0.39 is 0 Å². The average Bonchev–Trinajstić information content (AvgIpc) is 1.63. The summed E-state index contributed by atoms with van der Waals surface area (Å²) in [4.78, 5) is 9.74. The molecule has 0 unspecified atom stereocenters. The summed E-state index contributed by atoms with van der Waals surface area (Å²) in [5.41, 5.74) is 0. The standard InChI is InChI=1S/C6H11NO.H2/c8-5-7-4-6-2-1-3-6;/h5-6H,1-4H2,(H,7,8);1H. The average molecular weight is 115 g/mol. The highest BCUT2D eigenvalue weighted by Crippen LogP contribution is 2.24. The first-order chi connectivity index (χ1) is 3.93. The second kappa shape index (κ2) is 2.70. The summed E-state index contributed by atoms with van der Waals surface area (Å²) in [6.45, 7) is 0.892. The van der Waals surface area contributed by atoms with E-state index >= 15 is 0 Å². The molecule has 0 aliphatic heterocycles. The molecule has 0 spiro atoms. The van der Waals surface area contributed by atoms with Crippen LogP contribution in [-0.2, 0) is 4.79 Å². The molecule has 1 fully saturated rings. The van der Waals surface area contributed by atoms with Crippen molar-refractivity contribution in [2.45, 2.75) is 19.3 Å². The molecule has 0 heterocycles. The van der Waals surface area contributed by atoms with Crippen molar-refractivity contribution in [3.05, 3.63) is 0 Å². The predicted molar refractivity (Wildman–Crippen MR) is 33.5 cm³/mol. The Morgan fingerprint density at radius 1 is 1.75 bits per heavy atom. The highest BCUT2D eigenvalue weighted by Gasteiger charge is 2.15. The molecule has 2 nitrogen and oxygen atoms in total. The van der Waals surface area contributed by atoms with Crippen LogP contribution in [0.5, 0.6) is 0 Å². The van der Waals surface area contributed by atoms with Gasteiger partial charge in [0.25, 0.3) is 0 Å². The first kappa shape index (κ1) is 5.60. The second-order valence-corrected chi connectivity index (χ2v) is 2.32. The zero-order valence-corrected chi connectivity index (χ0v) is 4.89. The van der Waals surface area contributed by atoms with Gasteiger partial charge < -0.3 is 5.32 Å². The van der Waals surface area contributed by atoms with Gasteiger partial charge in [-0.15, -0.1) is 0 Å². The molecule has 0 aromatic heterocycles. The molecule has 1 rings (SSSR count). The summed E-state index contributed by atoms with van der Waals surface area (Å²) in [7, 11) is 0. The summed E-state index contributed by atoms with van der Waals surface area (Å²) in [6, 6.07) is 0. The van der Waals surface area contributed by atoms with Crippen LogP contribution in [-0.4, -0.2) is 13.0 Å². The number of hydrogen-bond donors (Lipinski definition) is 1. The van der Waals surface area contributed by atoms with Crippen molar-refractivity contribution in [1.82, 2.24) is 5.32 Å². The number of carbonyl (C=O) groups excluding carboxylic acids is 1. The lowest BCUT2D eigenvalue weighted by atomic mass is 9.86. The molecule has 1 aliphatic rings. The molecular formula is C6H13NO. The van der Waals surface area contributed by atoms with Gasteiger partial charge in [0.1, 0.15) is 0 Å². The van der Waals surface area contributed by atoms with Crippen LogP contribution < -0.4 is 5.32 Å². The number of nitrogens with one attached hydrogen (secondary N) is 1. The Hall–Kier alpha value is -0.530. The van der Waals surface area contributed by atoms with Gasteiger partial charge in [-0.2, -0.15) is 0 Å². The fraction of sp³-hybridized carbons (Fsp3) is 0.833. The van der Waals surface area contributed by atoms with Gasteiger partial charge in [-0.25, -0.2) is 0 Å². The van der Waals surface area contributed by atoms with E-state index in [1.807, 2.05) is 0 Å². The highest BCUT2D eigenvalue weighted by atomic mass is 16.1. The van der Waals surface area contributed by atoms with Gasteiger partial charge >= 0.3 is 0 Å². The molecule has 2 heteroatoms. The van der Waals surface area contributed by atoms with Crippen LogP contribution >= 0.6 is 0 Å². The number of hydrogen-bond acceptors (Lipinski definition) is 1. The fourth-order valence-electron chi connectivity index (χ4n) is 0.912. The van der Waals surface area contributed by atoms with Gasteiger partial charge in [0.05, 0.1) is 0 Å². The van der Waals surface area contributed by atoms with Gasteiger partial charge in [0.2, 0.25) is 6.41 Å². The summed E-state index contributed by atoms with van der Waals surface area (Å²) in [5.74, 6) is 0.792. The largest absolute Gasteiger partial charge is 0.358 e. The number of amides is 1. The normalized spacial score (nSPS) is 19.5. The van der Waals surface area contributed by atoms with E-state index in [2.05, 4.69) is 5.32 Å². The molecule has 1 saturated carbocycles. The Morgan fingerprint density at radius 2 is 2.50 bits per heavy atom. The van der Waals surface area contributed by atoms with Gasteiger partial charge in [-0.1, -0.05) is 6.42 Å². The minimum absolute atomic E-state index is 0. The van der Waals surface area contributed by atoms with Crippen LogP contribution in [0.3, 0.4) is 0 Å². The molecule has 0 aromatic rings. The molecule has 48 valence electrons. The molecule has 0 aromatic carbocycles. The number of rotatable bonds is 3. The maximum Gasteiger partial charge on any atom is 0.207 e. The SMILES string of the molecule is O=CNCC1CCC1.[HH]. The van der Waals surface area contributed by atoms with E-state index in [0.29, 0.717) is 0 Å². The highest BCUT2D eigenvalue weighted by molar-refractivity contribution is 5.45. The Morgan fingerprint density at radius 3 is 2.88 bits per heavy atom. The Bertz CT molecular complexity index is 83.1. The van der Waals surface area contributed by atoms with Crippen LogP contribution in [0.4, 0.5) is 0 Å². The minimum atomic E-state index is 0. The molecule has 1 amide bonds. The molecule has 0 radical (unpaired) electrons. The summed E-state index contributed by atoms with van der Waals surface area (Å²) in [5, 5.41) is 2.67.